The van der Waals surface area contributed by atoms with E-state index in [9.17, 15) is 0 Å². The van der Waals surface area contributed by atoms with E-state index in [0.717, 1.165) is 49.8 Å². The third kappa shape index (κ3) is 6.53. The standard InChI is InChI=1S/C21H29NO2/c1-4-14-23-21-11-7-19(8-12-21)22-16-18-5-9-20(10-6-18)24-15-13-17(2)3/h5-12,17,22H,4,13-16H2,1-3H3. The van der Waals surface area contributed by atoms with Gasteiger partial charge in [0.1, 0.15) is 11.5 Å². The summed E-state index contributed by atoms with van der Waals surface area (Å²) in [5.41, 5.74) is 2.33. The Bertz CT molecular complexity index is 576. The monoisotopic (exact) mass is 327 g/mol. The van der Waals surface area contributed by atoms with Crippen LogP contribution in [-0.4, -0.2) is 13.2 Å². The first-order valence-corrected chi connectivity index (χ1v) is 8.86. The maximum Gasteiger partial charge on any atom is 0.119 e. The molecular formula is C21H29NO2. The van der Waals surface area contributed by atoms with E-state index in [1.54, 1.807) is 0 Å². The van der Waals surface area contributed by atoms with Crippen LogP contribution < -0.4 is 14.8 Å². The third-order valence-corrected chi connectivity index (χ3v) is 3.71. The average Bonchev–Trinajstić information content (AvgIpc) is 2.60. The summed E-state index contributed by atoms with van der Waals surface area (Å²) in [4.78, 5) is 0. The fourth-order valence-corrected chi connectivity index (χ4v) is 2.21. The molecule has 0 saturated heterocycles. The molecule has 24 heavy (non-hydrogen) atoms. The molecule has 0 saturated carbocycles. The minimum atomic E-state index is 0.673. The number of ether oxygens (including phenoxy) is 2. The van der Waals surface area contributed by atoms with Gasteiger partial charge in [-0.15, -0.1) is 0 Å². The van der Waals surface area contributed by atoms with Gasteiger partial charge in [0.25, 0.3) is 0 Å². The number of nitrogens with one attached hydrogen (secondary N) is 1. The van der Waals surface area contributed by atoms with Crippen molar-refractivity contribution >= 4 is 5.69 Å². The summed E-state index contributed by atoms with van der Waals surface area (Å²) in [6.07, 6.45) is 2.11. The summed E-state index contributed by atoms with van der Waals surface area (Å²) in [5, 5.41) is 3.43. The quantitative estimate of drug-likeness (QED) is 0.624. The van der Waals surface area contributed by atoms with Crippen LogP contribution >= 0.6 is 0 Å². The lowest BCUT2D eigenvalue weighted by Gasteiger charge is -2.10. The van der Waals surface area contributed by atoms with Crippen molar-refractivity contribution in [1.82, 2.24) is 0 Å². The Hall–Kier alpha value is -2.16. The largest absolute Gasteiger partial charge is 0.494 e. The molecule has 0 aliphatic rings. The fraction of sp³-hybridized carbons (Fsp3) is 0.429. The highest BCUT2D eigenvalue weighted by Crippen LogP contribution is 2.18. The zero-order chi connectivity index (χ0) is 17.2. The zero-order valence-electron chi connectivity index (χ0n) is 15.0. The predicted molar refractivity (Wildman–Crippen MR) is 101 cm³/mol. The molecule has 0 unspecified atom stereocenters. The van der Waals surface area contributed by atoms with Crippen LogP contribution in [0.2, 0.25) is 0 Å². The van der Waals surface area contributed by atoms with Crippen molar-refractivity contribution in [2.75, 3.05) is 18.5 Å². The van der Waals surface area contributed by atoms with Crippen LogP contribution in [0, 0.1) is 5.92 Å². The second-order valence-corrected chi connectivity index (χ2v) is 6.40. The van der Waals surface area contributed by atoms with E-state index in [2.05, 4.69) is 38.2 Å². The number of hydrogen-bond donors (Lipinski definition) is 1. The van der Waals surface area contributed by atoms with Gasteiger partial charge in [-0.05, 0) is 60.7 Å². The summed E-state index contributed by atoms with van der Waals surface area (Å²) >= 11 is 0. The number of benzene rings is 2. The molecule has 0 aliphatic heterocycles. The summed E-state index contributed by atoms with van der Waals surface area (Å²) in [6, 6.07) is 16.4. The van der Waals surface area contributed by atoms with E-state index in [1.165, 1.54) is 5.56 Å². The van der Waals surface area contributed by atoms with Gasteiger partial charge in [0.15, 0.2) is 0 Å². The number of anilines is 1. The van der Waals surface area contributed by atoms with E-state index < -0.39 is 0 Å². The molecule has 0 bridgehead atoms. The molecule has 3 nitrogen and oxygen atoms in total. The van der Waals surface area contributed by atoms with Crippen LogP contribution in [0.4, 0.5) is 5.69 Å². The molecule has 0 aromatic heterocycles. The van der Waals surface area contributed by atoms with Gasteiger partial charge >= 0.3 is 0 Å². The van der Waals surface area contributed by atoms with Gasteiger partial charge in [0.05, 0.1) is 13.2 Å². The van der Waals surface area contributed by atoms with Crippen LogP contribution in [0.15, 0.2) is 48.5 Å². The van der Waals surface area contributed by atoms with Gasteiger partial charge in [-0.25, -0.2) is 0 Å². The van der Waals surface area contributed by atoms with Crippen molar-refractivity contribution < 1.29 is 9.47 Å². The second kappa shape index (κ2) is 9.86. The highest BCUT2D eigenvalue weighted by molar-refractivity contribution is 5.47. The van der Waals surface area contributed by atoms with Gasteiger partial charge in [-0.2, -0.15) is 0 Å². The lowest BCUT2D eigenvalue weighted by molar-refractivity contribution is 0.289. The Morgan fingerprint density at radius 2 is 1.42 bits per heavy atom. The van der Waals surface area contributed by atoms with Gasteiger partial charge < -0.3 is 14.8 Å². The molecule has 3 heteroatoms. The highest BCUT2D eigenvalue weighted by Gasteiger charge is 1.99. The molecule has 2 rings (SSSR count). The van der Waals surface area contributed by atoms with Crippen molar-refractivity contribution in [3.8, 4) is 11.5 Å². The molecule has 0 aliphatic carbocycles. The smallest absolute Gasteiger partial charge is 0.119 e. The molecule has 0 amide bonds. The van der Waals surface area contributed by atoms with Crippen molar-refractivity contribution in [1.29, 1.82) is 0 Å². The SMILES string of the molecule is CCCOc1ccc(NCc2ccc(OCCC(C)C)cc2)cc1. The minimum Gasteiger partial charge on any atom is -0.494 e. The second-order valence-electron chi connectivity index (χ2n) is 6.40. The molecule has 0 radical (unpaired) electrons. The predicted octanol–water partition coefficient (Wildman–Crippen LogP) is 5.51. The van der Waals surface area contributed by atoms with Crippen LogP contribution in [0.5, 0.6) is 11.5 Å². The zero-order valence-corrected chi connectivity index (χ0v) is 15.0. The van der Waals surface area contributed by atoms with Gasteiger partial charge in [0, 0.05) is 12.2 Å². The maximum absolute atomic E-state index is 5.75. The summed E-state index contributed by atoms with van der Waals surface area (Å²) < 4.78 is 11.3. The molecule has 1 N–H and O–H groups in total. The van der Waals surface area contributed by atoms with E-state index in [1.807, 2.05) is 36.4 Å². The lowest BCUT2D eigenvalue weighted by atomic mass is 10.1. The Kier molecular flexibility index (Phi) is 7.47. The van der Waals surface area contributed by atoms with Crippen LogP contribution in [0.3, 0.4) is 0 Å². The van der Waals surface area contributed by atoms with Crippen molar-refractivity contribution in [3.63, 3.8) is 0 Å². The summed E-state index contributed by atoms with van der Waals surface area (Å²) in [7, 11) is 0. The molecule has 0 fully saturated rings. The lowest BCUT2D eigenvalue weighted by Crippen LogP contribution is -2.02. The Morgan fingerprint density at radius 1 is 0.833 bits per heavy atom. The fourth-order valence-electron chi connectivity index (χ4n) is 2.21. The number of hydrogen-bond acceptors (Lipinski definition) is 3. The Morgan fingerprint density at radius 3 is 2.00 bits per heavy atom. The first-order valence-electron chi connectivity index (χ1n) is 8.86. The van der Waals surface area contributed by atoms with Crippen LogP contribution in [0.1, 0.15) is 39.2 Å². The maximum atomic E-state index is 5.75. The molecule has 2 aromatic rings. The van der Waals surface area contributed by atoms with Gasteiger partial charge in [0.2, 0.25) is 0 Å². The molecule has 0 heterocycles. The van der Waals surface area contributed by atoms with Gasteiger partial charge in [-0.3, -0.25) is 0 Å². The molecule has 130 valence electrons. The topological polar surface area (TPSA) is 30.5 Å². The molecule has 0 spiro atoms. The first-order chi connectivity index (χ1) is 11.7. The van der Waals surface area contributed by atoms with Crippen molar-refractivity contribution in [2.45, 2.75) is 40.2 Å². The highest BCUT2D eigenvalue weighted by atomic mass is 16.5. The summed E-state index contributed by atoms with van der Waals surface area (Å²) in [6.45, 7) is 8.86. The van der Waals surface area contributed by atoms with Crippen molar-refractivity contribution in [3.05, 3.63) is 54.1 Å². The Labute approximate surface area is 146 Å². The van der Waals surface area contributed by atoms with E-state index in [4.69, 9.17) is 9.47 Å². The van der Waals surface area contributed by atoms with E-state index >= 15 is 0 Å². The molecular weight excluding hydrogens is 298 g/mol. The minimum absolute atomic E-state index is 0.673. The average molecular weight is 327 g/mol. The Balaban J connectivity index is 1.77. The summed E-state index contributed by atoms with van der Waals surface area (Å²) in [5.74, 6) is 2.54. The van der Waals surface area contributed by atoms with Crippen LogP contribution in [-0.2, 0) is 6.54 Å². The molecule has 2 aromatic carbocycles. The third-order valence-electron chi connectivity index (χ3n) is 3.71. The van der Waals surface area contributed by atoms with E-state index in [-0.39, 0.29) is 0 Å². The number of rotatable bonds is 10. The normalized spacial score (nSPS) is 10.7. The van der Waals surface area contributed by atoms with Crippen molar-refractivity contribution in [2.24, 2.45) is 5.92 Å². The first kappa shape index (κ1) is 18.2. The molecule has 0 atom stereocenters. The van der Waals surface area contributed by atoms with Crippen LogP contribution in [0.25, 0.3) is 0 Å². The van der Waals surface area contributed by atoms with E-state index in [0.29, 0.717) is 5.92 Å². The van der Waals surface area contributed by atoms with Gasteiger partial charge in [-0.1, -0.05) is 32.9 Å².